The minimum Gasteiger partial charge on any atom is -0.497 e. The van der Waals surface area contributed by atoms with Crippen molar-refractivity contribution in [3.63, 3.8) is 0 Å². The lowest BCUT2D eigenvalue weighted by Gasteiger charge is -2.39. The van der Waals surface area contributed by atoms with Crippen LogP contribution in [-0.4, -0.2) is 52.8 Å². The number of aromatic nitrogens is 1. The van der Waals surface area contributed by atoms with Crippen molar-refractivity contribution in [2.75, 3.05) is 26.7 Å². The number of aliphatic hydroxyl groups excluding tert-OH is 1. The number of carboxylic acid groups (broad SMARTS) is 1. The molecule has 0 bridgehead atoms. The molecule has 1 unspecified atom stereocenters. The number of carbonyl (C=O) groups is 1. The second-order valence-corrected chi connectivity index (χ2v) is 10.5. The predicted molar refractivity (Wildman–Crippen MR) is 147 cm³/mol. The number of aliphatic hydroxyl groups is 1. The summed E-state index contributed by atoms with van der Waals surface area (Å²) in [5.41, 5.74) is 4.40. The summed E-state index contributed by atoms with van der Waals surface area (Å²) in [5, 5.41) is 21.4. The molecule has 1 saturated heterocycles. The van der Waals surface area contributed by atoms with Gasteiger partial charge < -0.3 is 19.8 Å². The molecule has 1 fully saturated rings. The quantitative estimate of drug-likeness (QED) is 0.324. The fraction of sp³-hybridized carbons (Fsp3) is 0.484. The molecule has 6 heteroatoms. The van der Waals surface area contributed by atoms with Gasteiger partial charge in [-0.3, -0.25) is 9.78 Å². The first-order valence-electron chi connectivity index (χ1n) is 13.5. The molecule has 2 aromatic carbocycles. The van der Waals surface area contributed by atoms with Crippen LogP contribution in [0, 0.1) is 18.8 Å². The van der Waals surface area contributed by atoms with E-state index in [9.17, 15) is 15.0 Å². The minimum atomic E-state index is -0.729. The number of methoxy groups -OCH3 is 1. The standard InChI is InChI=1S/C31H40N2O4/c1-22-5-3-6-23(19-22)7-4-17-33-18-15-24(25(21-33)9-13-31(35)36)8-12-30(34)27-14-16-32-29-11-10-26(37-2)20-28(27)29/h3,5-6,10-11,14,16,19-20,24-25,30,34H,4,7-9,12-13,15,17-18,21H2,1-2H3,(H,35,36)/t24-,25+,30?/m1/s1. The first-order chi connectivity index (χ1) is 17.9. The number of benzene rings is 2. The van der Waals surface area contributed by atoms with Gasteiger partial charge in [-0.2, -0.15) is 0 Å². The van der Waals surface area contributed by atoms with Gasteiger partial charge in [0.2, 0.25) is 0 Å². The van der Waals surface area contributed by atoms with Crippen molar-refractivity contribution >= 4 is 16.9 Å². The maximum Gasteiger partial charge on any atom is 0.303 e. The molecular formula is C31H40N2O4. The van der Waals surface area contributed by atoms with E-state index in [0.29, 0.717) is 24.7 Å². The number of fused-ring (bicyclic) bond motifs is 1. The summed E-state index contributed by atoms with van der Waals surface area (Å²) in [7, 11) is 1.64. The molecule has 3 aromatic rings. The smallest absolute Gasteiger partial charge is 0.303 e. The molecule has 0 spiro atoms. The zero-order chi connectivity index (χ0) is 26.2. The Morgan fingerprint density at radius 3 is 2.81 bits per heavy atom. The third-order valence-corrected chi connectivity index (χ3v) is 7.88. The molecule has 2 N–H and O–H groups in total. The maximum atomic E-state index is 11.3. The van der Waals surface area contributed by atoms with Crippen LogP contribution in [0.4, 0.5) is 0 Å². The van der Waals surface area contributed by atoms with Crippen molar-refractivity contribution in [1.82, 2.24) is 9.88 Å². The van der Waals surface area contributed by atoms with E-state index < -0.39 is 12.1 Å². The summed E-state index contributed by atoms with van der Waals surface area (Å²) in [6.07, 6.45) is 6.81. The number of ether oxygens (including phenoxy) is 1. The van der Waals surface area contributed by atoms with Gasteiger partial charge >= 0.3 is 5.97 Å². The monoisotopic (exact) mass is 504 g/mol. The van der Waals surface area contributed by atoms with Gasteiger partial charge in [-0.05, 0) is 106 Å². The van der Waals surface area contributed by atoms with E-state index in [4.69, 9.17) is 4.74 Å². The zero-order valence-corrected chi connectivity index (χ0v) is 22.1. The minimum absolute atomic E-state index is 0.204. The fourth-order valence-corrected chi connectivity index (χ4v) is 5.84. The Balaban J connectivity index is 1.35. The van der Waals surface area contributed by atoms with Gasteiger partial charge in [0, 0.05) is 24.5 Å². The lowest BCUT2D eigenvalue weighted by atomic mass is 9.79. The number of rotatable bonds is 12. The van der Waals surface area contributed by atoms with E-state index in [-0.39, 0.29) is 6.42 Å². The van der Waals surface area contributed by atoms with Gasteiger partial charge in [-0.1, -0.05) is 29.8 Å². The van der Waals surface area contributed by atoms with E-state index in [0.717, 1.165) is 67.5 Å². The number of piperidine rings is 1. The SMILES string of the molecule is COc1ccc2nccc(C(O)CC[C@@H]3CCN(CCCc4cccc(C)c4)C[C@@H]3CCC(=O)O)c2c1. The normalized spacial score (nSPS) is 19.1. The molecule has 0 saturated carbocycles. The molecule has 1 aliphatic rings. The Morgan fingerprint density at radius 1 is 1.16 bits per heavy atom. The highest BCUT2D eigenvalue weighted by Crippen LogP contribution is 2.35. The average molecular weight is 505 g/mol. The highest BCUT2D eigenvalue weighted by Gasteiger charge is 2.30. The third kappa shape index (κ3) is 7.53. The summed E-state index contributed by atoms with van der Waals surface area (Å²) in [4.78, 5) is 18.3. The zero-order valence-electron chi connectivity index (χ0n) is 22.1. The molecule has 4 rings (SSSR count). The molecule has 1 aliphatic heterocycles. The van der Waals surface area contributed by atoms with E-state index in [1.54, 1.807) is 13.3 Å². The Hall–Kier alpha value is -2.96. The van der Waals surface area contributed by atoms with Crippen LogP contribution in [0.25, 0.3) is 10.9 Å². The number of carboxylic acids is 1. The molecule has 0 radical (unpaired) electrons. The Morgan fingerprint density at radius 2 is 2.03 bits per heavy atom. The largest absolute Gasteiger partial charge is 0.497 e. The number of hydrogen-bond donors (Lipinski definition) is 2. The van der Waals surface area contributed by atoms with Crippen LogP contribution in [-0.2, 0) is 11.2 Å². The van der Waals surface area contributed by atoms with Crippen molar-refractivity contribution in [3.05, 3.63) is 71.4 Å². The van der Waals surface area contributed by atoms with Crippen molar-refractivity contribution in [3.8, 4) is 5.75 Å². The van der Waals surface area contributed by atoms with E-state index >= 15 is 0 Å². The number of likely N-dealkylation sites (tertiary alicyclic amines) is 1. The summed E-state index contributed by atoms with van der Waals surface area (Å²) < 4.78 is 5.38. The number of aryl methyl sites for hydroxylation is 2. The van der Waals surface area contributed by atoms with Gasteiger partial charge in [0.15, 0.2) is 0 Å². The molecule has 0 amide bonds. The average Bonchev–Trinajstić information content (AvgIpc) is 2.90. The maximum absolute atomic E-state index is 11.3. The number of nitrogens with zero attached hydrogens (tertiary/aromatic N) is 2. The van der Waals surface area contributed by atoms with E-state index in [1.165, 1.54) is 11.1 Å². The first-order valence-corrected chi connectivity index (χ1v) is 13.5. The van der Waals surface area contributed by atoms with Crippen LogP contribution in [0.5, 0.6) is 5.75 Å². The lowest BCUT2D eigenvalue weighted by Crippen LogP contribution is -2.41. The van der Waals surface area contributed by atoms with Crippen molar-refractivity contribution in [2.45, 2.75) is 58.0 Å². The summed E-state index contributed by atoms with van der Waals surface area (Å²) in [5.74, 6) is 0.778. The molecule has 1 aromatic heterocycles. The van der Waals surface area contributed by atoms with Crippen molar-refractivity contribution in [1.29, 1.82) is 0 Å². The topological polar surface area (TPSA) is 82.9 Å². The molecule has 198 valence electrons. The molecular weight excluding hydrogens is 464 g/mol. The Kier molecular flexibility index (Phi) is 9.53. The Bertz CT molecular complexity index is 1180. The van der Waals surface area contributed by atoms with Crippen LogP contribution in [0.2, 0.25) is 0 Å². The van der Waals surface area contributed by atoms with Crippen LogP contribution in [0.15, 0.2) is 54.7 Å². The van der Waals surface area contributed by atoms with Gasteiger partial charge in [0.1, 0.15) is 5.75 Å². The number of pyridine rings is 1. The van der Waals surface area contributed by atoms with Crippen LogP contribution in [0.1, 0.15) is 61.3 Å². The van der Waals surface area contributed by atoms with Crippen LogP contribution < -0.4 is 4.74 Å². The fourth-order valence-electron chi connectivity index (χ4n) is 5.84. The van der Waals surface area contributed by atoms with Crippen LogP contribution in [0.3, 0.4) is 0 Å². The van der Waals surface area contributed by atoms with Crippen molar-refractivity contribution in [2.24, 2.45) is 11.8 Å². The molecule has 3 atom stereocenters. The highest BCUT2D eigenvalue weighted by molar-refractivity contribution is 5.83. The van der Waals surface area contributed by atoms with E-state index in [2.05, 4.69) is 41.1 Å². The van der Waals surface area contributed by atoms with E-state index in [1.807, 2.05) is 24.3 Å². The summed E-state index contributed by atoms with van der Waals surface area (Å²) in [6.45, 7) is 5.15. The van der Waals surface area contributed by atoms with Gasteiger partial charge in [0.25, 0.3) is 0 Å². The first kappa shape index (κ1) is 27.1. The van der Waals surface area contributed by atoms with Gasteiger partial charge in [-0.25, -0.2) is 0 Å². The summed E-state index contributed by atoms with van der Waals surface area (Å²) in [6, 6.07) is 16.3. The summed E-state index contributed by atoms with van der Waals surface area (Å²) >= 11 is 0. The molecule has 2 heterocycles. The predicted octanol–water partition coefficient (Wildman–Crippen LogP) is 5.80. The number of aliphatic carboxylic acids is 1. The molecule has 37 heavy (non-hydrogen) atoms. The van der Waals surface area contributed by atoms with Gasteiger partial charge in [-0.15, -0.1) is 0 Å². The number of hydrogen-bond acceptors (Lipinski definition) is 5. The molecule has 6 nitrogen and oxygen atoms in total. The Labute approximate surface area is 220 Å². The van der Waals surface area contributed by atoms with Crippen molar-refractivity contribution < 1.29 is 19.7 Å². The highest BCUT2D eigenvalue weighted by atomic mass is 16.5. The second-order valence-electron chi connectivity index (χ2n) is 10.5. The second kappa shape index (κ2) is 13.0. The third-order valence-electron chi connectivity index (χ3n) is 7.88. The lowest BCUT2D eigenvalue weighted by molar-refractivity contribution is -0.137. The van der Waals surface area contributed by atoms with Crippen LogP contribution >= 0.6 is 0 Å². The molecule has 0 aliphatic carbocycles. The van der Waals surface area contributed by atoms with Gasteiger partial charge in [0.05, 0.1) is 18.7 Å².